The van der Waals surface area contributed by atoms with Crippen molar-refractivity contribution in [1.82, 2.24) is 0 Å². The monoisotopic (exact) mass is 332 g/mol. The number of amides is 2. The molecule has 2 N–H and O–H groups in total. The minimum absolute atomic E-state index is 0.250. The predicted molar refractivity (Wildman–Crippen MR) is 87.4 cm³/mol. The highest BCUT2D eigenvalue weighted by molar-refractivity contribution is 9.10. The Labute approximate surface area is 127 Å². The SMILES string of the molecule is Cc1cc(C)cc(NC(=O)Nc2ccc(C)cc2Br)c1. The zero-order valence-electron chi connectivity index (χ0n) is 11.8. The Kier molecular flexibility index (Phi) is 4.45. The van der Waals surface area contributed by atoms with Gasteiger partial charge >= 0.3 is 6.03 Å². The van der Waals surface area contributed by atoms with Crippen molar-refractivity contribution in [3.63, 3.8) is 0 Å². The molecule has 2 aromatic rings. The van der Waals surface area contributed by atoms with Crippen LogP contribution in [0.25, 0.3) is 0 Å². The third-order valence-corrected chi connectivity index (χ3v) is 3.51. The van der Waals surface area contributed by atoms with E-state index in [-0.39, 0.29) is 6.03 Å². The van der Waals surface area contributed by atoms with Crippen molar-refractivity contribution in [1.29, 1.82) is 0 Å². The maximum atomic E-state index is 12.0. The molecule has 0 saturated heterocycles. The first-order valence-electron chi connectivity index (χ1n) is 6.36. The van der Waals surface area contributed by atoms with E-state index in [4.69, 9.17) is 0 Å². The second-order valence-corrected chi connectivity index (χ2v) is 5.79. The zero-order valence-corrected chi connectivity index (χ0v) is 13.3. The van der Waals surface area contributed by atoms with Gasteiger partial charge in [0, 0.05) is 10.2 Å². The van der Waals surface area contributed by atoms with E-state index in [1.807, 2.05) is 51.1 Å². The molecule has 4 heteroatoms. The zero-order chi connectivity index (χ0) is 14.7. The number of carbonyl (C=O) groups excluding carboxylic acids is 1. The number of urea groups is 1. The lowest BCUT2D eigenvalue weighted by Crippen LogP contribution is -2.19. The van der Waals surface area contributed by atoms with E-state index in [0.29, 0.717) is 0 Å². The van der Waals surface area contributed by atoms with Crippen LogP contribution in [0.15, 0.2) is 40.9 Å². The van der Waals surface area contributed by atoms with Crippen LogP contribution < -0.4 is 10.6 Å². The van der Waals surface area contributed by atoms with Crippen LogP contribution in [0.1, 0.15) is 16.7 Å². The van der Waals surface area contributed by atoms with Gasteiger partial charge in [-0.1, -0.05) is 12.1 Å². The fourth-order valence-corrected chi connectivity index (χ4v) is 2.65. The average molecular weight is 333 g/mol. The minimum atomic E-state index is -0.250. The van der Waals surface area contributed by atoms with Crippen LogP contribution >= 0.6 is 15.9 Å². The summed E-state index contributed by atoms with van der Waals surface area (Å²) < 4.78 is 0.869. The topological polar surface area (TPSA) is 41.1 Å². The molecule has 0 radical (unpaired) electrons. The van der Waals surface area contributed by atoms with E-state index < -0.39 is 0 Å². The summed E-state index contributed by atoms with van der Waals surface area (Å²) in [4.78, 5) is 12.0. The largest absolute Gasteiger partial charge is 0.323 e. The fraction of sp³-hybridized carbons (Fsp3) is 0.188. The summed E-state index contributed by atoms with van der Waals surface area (Å²) >= 11 is 3.44. The van der Waals surface area contributed by atoms with Crippen LogP contribution in [0.3, 0.4) is 0 Å². The Balaban J connectivity index is 2.09. The number of benzene rings is 2. The van der Waals surface area contributed by atoms with Crippen LogP contribution in [-0.4, -0.2) is 6.03 Å². The molecule has 0 atom stereocenters. The summed E-state index contributed by atoms with van der Waals surface area (Å²) in [6.07, 6.45) is 0. The number of rotatable bonds is 2. The molecule has 2 amide bonds. The molecule has 0 fully saturated rings. The van der Waals surface area contributed by atoms with Gasteiger partial charge in [-0.2, -0.15) is 0 Å². The average Bonchev–Trinajstić information content (AvgIpc) is 2.31. The standard InChI is InChI=1S/C16H17BrN2O/c1-10-4-5-15(14(17)9-10)19-16(20)18-13-7-11(2)6-12(3)8-13/h4-9H,1-3H3,(H2,18,19,20). The summed E-state index contributed by atoms with van der Waals surface area (Å²) in [5.41, 5.74) is 4.92. The Hall–Kier alpha value is -1.81. The Morgan fingerprint density at radius 3 is 2.15 bits per heavy atom. The van der Waals surface area contributed by atoms with Crippen molar-refractivity contribution in [2.45, 2.75) is 20.8 Å². The minimum Gasteiger partial charge on any atom is -0.308 e. The number of anilines is 2. The summed E-state index contributed by atoms with van der Waals surface area (Å²) in [6, 6.07) is 11.5. The molecule has 0 bridgehead atoms. The molecule has 0 unspecified atom stereocenters. The second kappa shape index (κ2) is 6.09. The van der Waals surface area contributed by atoms with Crippen LogP contribution in [0, 0.1) is 20.8 Å². The number of nitrogens with one attached hydrogen (secondary N) is 2. The van der Waals surface area contributed by atoms with Gasteiger partial charge in [-0.3, -0.25) is 0 Å². The summed E-state index contributed by atoms with van der Waals surface area (Å²) in [7, 11) is 0. The summed E-state index contributed by atoms with van der Waals surface area (Å²) in [6.45, 7) is 6.02. The molecule has 2 rings (SSSR count). The van der Waals surface area contributed by atoms with Crippen molar-refractivity contribution in [2.75, 3.05) is 10.6 Å². The lowest BCUT2D eigenvalue weighted by molar-refractivity contribution is 0.262. The van der Waals surface area contributed by atoms with Crippen molar-refractivity contribution >= 4 is 33.3 Å². The predicted octanol–water partition coefficient (Wildman–Crippen LogP) is 5.02. The fourth-order valence-electron chi connectivity index (χ4n) is 2.05. The highest BCUT2D eigenvalue weighted by Gasteiger charge is 2.06. The molecule has 20 heavy (non-hydrogen) atoms. The van der Waals surface area contributed by atoms with Crippen LogP contribution in [0.2, 0.25) is 0 Å². The van der Waals surface area contributed by atoms with E-state index in [1.165, 1.54) is 0 Å². The first-order chi connectivity index (χ1) is 9.44. The Bertz CT molecular complexity index is 633. The molecule has 2 aromatic carbocycles. The molecule has 0 saturated carbocycles. The molecule has 0 aromatic heterocycles. The Morgan fingerprint density at radius 2 is 1.55 bits per heavy atom. The van der Waals surface area contributed by atoms with E-state index in [9.17, 15) is 4.79 Å². The molecular weight excluding hydrogens is 316 g/mol. The smallest absolute Gasteiger partial charge is 0.308 e. The van der Waals surface area contributed by atoms with Gasteiger partial charge in [-0.25, -0.2) is 4.79 Å². The maximum Gasteiger partial charge on any atom is 0.323 e. The quantitative estimate of drug-likeness (QED) is 0.796. The number of carbonyl (C=O) groups is 1. The van der Waals surface area contributed by atoms with Crippen LogP contribution in [0.5, 0.6) is 0 Å². The van der Waals surface area contributed by atoms with Gasteiger partial charge in [0.15, 0.2) is 0 Å². The first kappa shape index (κ1) is 14.6. The molecule has 0 aliphatic rings. The van der Waals surface area contributed by atoms with Crippen molar-refractivity contribution in [3.8, 4) is 0 Å². The van der Waals surface area contributed by atoms with Gasteiger partial charge < -0.3 is 10.6 Å². The third kappa shape index (κ3) is 3.84. The van der Waals surface area contributed by atoms with E-state index in [0.717, 1.165) is 32.5 Å². The highest BCUT2D eigenvalue weighted by atomic mass is 79.9. The molecule has 0 heterocycles. The van der Waals surface area contributed by atoms with E-state index in [2.05, 4.69) is 32.6 Å². The molecule has 0 aliphatic carbocycles. The molecule has 3 nitrogen and oxygen atoms in total. The van der Waals surface area contributed by atoms with Gasteiger partial charge in [0.2, 0.25) is 0 Å². The summed E-state index contributed by atoms with van der Waals surface area (Å²) in [5.74, 6) is 0. The normalized spacial score (nSPS) is 10.2. The van der Waals surface area contributed by atoms with Crippen molar-refractivity contribution < 1.29 is 4.79 Å². The maximum absolute atomic E-state index is 12.0. The molecule has 0 aliphatic heterocycles. The van der Waals surface area contributed by atoms with Gasteiger partial charge in [0.25, 0.3) is 0 Å². The molecule has 0 spiro atoms. The summed E-state index contributed by atoms with van der Waals surface area (Å²) in [5, 5.41) is 5.67. The molecule has 104 valence electrons. The van der Waals surface area contributed by atoms with Crippen LogP contribution in [-0.2, 0) is 0 Å². The van der Waals surface area contributed by atoms with Gasteiger partial charge in [0.05, 0.1) is 5.69 Å². The lowest BCUT2D eigenvalue weighted by Gasteiger charge is -2.11. The highest BCUT2D eigenvalue weighted by Crippen LogP contribution is 2.23. The second-order valence-electron chi connectivity index (χ2n) is 4.94. The van der Waals surface area contributed by atoms with Gasteiger partial charge in [0.1, 0.15) is 0 Å². The number of hydrogen-bond acceptors (Lipinski definition) is 1. The van der Waals surface area contributed by atoms with E-state index in [1.54, 1.807) is 0 Å². The van der Waals surface area contributed by atoms with Gasteiger partial charge in [-0.05, 0) is 77.7 Å². The van der Waals surface area contributed by atoms with Crippen LogP contribution in [0.4, 0.5) is 16.2 Å². The van der Waals surface area contributed by atoms with Crippen molar-refractivity contribution in [2.24, 2.45) is 0 Å². The van der Waals surface area contributed by atoms with E-state index >= 15 is 0 Å². The Morgan fingerprint density at radius 1 is 0.900 bits per heavy atom. The number of halogens is 1. The number of aryl methyl sites for hydroxylation is 3. The third-order valence-electron chi connectivity index (χ3n) is 2.85. The van der Waals surface area contributed by atoms with Crippen molar-refractivity contribution in [3.05, 3.63) is 57.6 Å². The van der Waals surface area contributed by atoms with Gasteiger partial charge in [-0.15, -0.1) is 0 Å². The molecular formula is C16H17BrN2O. The number of hydrogen-bond donors (Lipinski definition) is 2. The lowest BCUT2D eigenvalue weighted by atomic mass is 10.1. The first-order valence-corrected chi connectivity index (χ1v) is 7.16.